The zero-order valence-electron chi connectivity index (χ0n) is 10.6. The summed E-state index contributed by atoms with van der Waals surface area (Å²) in [7, 11) is 0. The maximum atomic E-state index is 11.7. The molecule has 0 heterocycles. The van der Waals surface area contributed by atoms with Crippen LogP contribution in [0.3, 0.4) is 0 Å². The standard InChI is InChI=1S/C17H12I2O/c18-15-7-1-13(2-8-15)5-11-17(20)12-6-14-3-9-16(19)10-4-14/h1-12H/b11-5+,12-6+. The summed E-state index contributed by atoms with van der Waals surface area (Å²) in [6.07, 6.45) is 6.84. The molecular formula is C17H12I2O. The molecule has 2 aromatic rings. The van der Waals surface area contributed by atoms with E-state index in [9.17, 15) is 4.79 Å². The first-order valence-electron chi connectivity index (χ1n) is 6.05. The lowest BCUT2D eigenvalue weighted by Gasteiger charge is -1.94. The molecule has 0 fully saturated rings. The summed E-state index contributed by atoms with van der Waals surface area (Å²) in [6, 6.07) is 16.1. The minimum atomic E-state index is -0.0119. The van der Waals surface area contributed by atoms with E-state index >= 15 is 0 Å². The molecule has 0 bridgehead atoms. The van der Waals surface area contributed by atoms with Crippen LogP contribution in [0.25, 0.3) is 12.2 Å². The molecule has 0 aliphatic rings. The van der Waals surface area contributed by atoms with Crippen molar-refractivity contribution in [3.05, 3.63) is 79.0 Å². The van der Waals surface area contributed by atoms with Gasteiger partial charge in [0.25, 0.3) is 0 Å². The number of hydrogen-bond donors (Lipinski definition) is 0. The minimum absolute atomic E-state index is 0.0119. The van der Waals surface area contributed by atoms with Gasteiger partial charge in [0.2, 0.25) is 0 Å². The molecule has 0 atom stereocenters. The zero-order chi connectivity index (χ0) is 14.4. The Morgan fingerprint density at radius 1 is 0.700 bits per heavy atom. The quantitative estimate of drug-likeness (QED) is 0.430. The van der Waals surface area contributed by atoms with E-state index in [0.29, 0.717) is 0 Å². The van der Waals surface area contributed by atoms with Gasteiger partial charge in [0.1, 0.15) is 0 Å². The average Bonchev–Trinajstić information content (AvgIpc) is 2.46. The van der Waals surface area contributed by atoms with Crippen LogP contribution in [0, 0.1) is 7.14 Å². The molecular weight excluding hydrogens is 474 g/mol. The molecule has 2 rings (SSSR count). The SMILES string of the molecule is O=C(/C=C/c1ccc(I)cc1)/C=C/c1ccc(I)cc1. The lowest BCUT2D eigenvalue weighted by molar-refractivity contribution is -0.110. The first-order valence-corrected chi connectivity index (χ1v) is 8.20. The fourth-order valence-corrected chi connectivity index (χ4v) is 2.28. The van der Waals surface area contributed by atoms with Gasteiger partial charge in [0.05, 0.1) is 0 Å². The third kappa shape index (κ3) is 5.20. The van der Waals surface area contributed by atoms with Crippen molar-refractivity contribution < 1.29 is 4.79 Å². The predicted octanol–water partition coefficient (Wildman–Crippen LogP) is 5.19. The van der Waals surface area contributed by atoms with Crippen molar-refractivity contribution in [2.75, 3.05) is 0 Å². The van der Waals surface area contributed by atoms with Gasteiger partial charge in [-0.15, -0.1) is 0 Å². The summed E-state index contributed by atoms with van der Waals surface area (Å²) >= 11 is 4.52. The second kappa shape index (κ2) is 7.73. The van der Waals surface area contributed by atoms with E-state index in [-0.39, 0.29) is 5.78 Å². The fourth-order valence-electron chi connectivity index (χ4n) is 1.56. The Hall–Kier alpha value is -0.950. The Bertz CT molecular complexity index is 580. The summed E-state index contributed by atoms with van der Waals surface area (Å²) in [5, 5.41) is 0. The number of ketones is 1. The maximum Gasteiger partial charge on any atom is 0.178 e. The zero-order valence-corrected chi connectivity index (χ0v) is 14.9. The van der Waals surface area contributed by atoms with Crippen LogP contribution in [-0.2, 0) is 4.79 Å². The third-order valence-electron chi connectivity index (χ3n) is 2.62. The summed E-state index contributed by atoms with van der Waals surface area (Å²) in [4.78, 5) is 11.7. The van der Waals surface area contributed by atoms with Crippen LogP contribution in [0.5, 0.6) is 0 Å². The largest absolute Gasteiger partial charge is 0.290 e. The third-order valence-corrected chi connectivity index (χ3v) is 4.06. The maximum absolute atomic E-state index is 11.7. The molecule has 20 heavy (non-hydrogen) atoms. The van der Waals surface area contributed by atoms with Gasteiger partial charge < -0.3 is 0 Å². The molecule has 0 spiro atoms. The van der Waals surface area contributed by atoms with Gasteiger partial charge in [0, 0.05) is 7.14 Å². The highest BCUT2D eigenvalue weighted by atomic mass is 127. The second-order valence-corrected chi connectivity index (χ2v) is 6.66. The minimum Gasteiger partial charge on any atom is -0.290 e. The van der Waals surface area contributed by atoms with Crippen LogP contribution in [0.1, 0.15) is 11.1 Å². The summed E-state index contributed by atoms with van der Waals surface area (Å²) in [6.45, 7) is 0. The van der Waals surface area contributed by atoms with Crippen LogP contribution in [-0.4, -0.2) is 5.78 Å². The molecule has 0 saturated carbocycles. The Morgan fingerprint density at radius 2 is 1.05 bits per heavy atom. The summed E-state index contributed by atoms with van der Waals surface area (Å²) in [5.41, 5.74) is 2.06. The Kier molecular flexibility index (Phi) is 5.97. The highest BCUT2D eigenvalue weighted by Crippen LogP contribution is 2.09. The van der Waals surface area contributed by atoms with Crippen molar-refractivity contribution in [2.24, 2.45) is 0 Å². The first-order chi connectivity index (χ1) is 9.63. The van der Waals surface area contributed by atoms with Crippen molar-refractivity contribution in [3.8, 4) is 0 Å². The summed E-state index contributed by atoms with van der Waals surface area (Å²) in [5.74, 6) is -0.0119. The number of carbonyl (C=O) groups is 1. The van der Waals surface area contributed by atoms with E-state index < -0.39 is 0 Å². The Morgan fingerprint density at radius 3 is 1.40 bits per heavy atom. The topological polar surface area (TPSA) is 17.1 Å². The van der Waals surface area contributed by atoms with Crippen LogP contribution in [0.15, 0.2) is 60.7 Å². The molecule has 0 aliphatic carbocycles. The van der Waals surface area contributed by atoms with Crippen LogP contribution in [0.2, 0.25) is 0 Å². The smallest absolute Gasteiger partial charge is 0.178 e. The molecule has 0 N–H and O–H groups in total. The Balaban J connectivity index is 1.98. The number of rotatable bonds is 4. The van der Waals surface area contributed by atoms with Gasteiger partial charge >= 0.3 is 0 Å². The molecule has 1 nitrogen and oxygen atoms in total. The van der Waals surface area contributed by atoms with E-state index in [1.165, 1.54) is 7.14 Å². The van der Waals surface area contributed by atoms with Crippen LogP contribution in [0.4, 0.5) is 0 Å². The van der Waals surface area contributed by atoms with E-state index in [4.69, 9.17) is 0 Å². The number of hydrogen-bond acceptors (Lipinski definition) is 1. The normalized spacial score (nSPS) is 11.3. The van der Waals surface area contributed by atoms with Gasteiger partial charge in [-0.3, -0.25) is 4.79 Å². The molecule has 0 saturated heterocycles. The number of allylic oxidation sites excluding steroid dienone is 2. The second-order valence-electron chi connectivity index (χ2n) is 4.17. The first kappa shape index (κ1) is 15.4. The van der Waals surface area contributed by atoms with Crippen molar-refractivity contribution in [3.63, 3.8) is 0 Å². The predicted molar refractivity (Wildman–Crippen MR) is 101 cm³/mol. The van der Waals surface area contributed by atoms with Crippen LogP contribution >= 0.6 is 45.2 Å². The van der Waals surface area contributed by atoms with Gasteiger partial charge in [0.15, 0.2) is 5.78 Å². The highest BCUT2D eigenvalue weighted by molar-refractivity contribution is 14.1. The van der Waals surface area contributed by atoms with Crippen molar-refractivity contribution in [1.82, 2.24) is 0 Å². The molecule has 0 aromatic heterocycles. The van der Waals surface area contributed by atoms with E-state index in [0.717, 1.165) is 11.1 Å². The fraction of sp³-hybridized carbons (Fsp3) is 0. The molecule has 0 aliphatic heterocycles. The summed E-state index contributed by atoms with van der Waals surface area (Å²) < 4.78 is 2.37. The van der Waals surface area contributed by atoms with Gasteiger partial charge in [-0.1, -0.05) is 36.4 Å². The Labute approximate surface area is 146 Å². The number of benzene rings is 2. The highest BCUT2D eigenvalue weighted by Gasteiger charge is 1.92. The van der Waals surface area contributed by atoms with Crippen molar-refractivity contribution in [1.29, 1.82) is 0 Å². The lowest BCUT2D eigenvalue weighted by atomic mass is 10.1. The molecule has 0 unspecified atom stereocenters. The van der Waals surface area contributed by atoms with Crippen molar-refractivity contribution in [2.45, 2.75) is 0 Å². The van der Waals surface area contributed by atoms with E-state index in [2.05, 4.69) is 45.2 Å². The lowest BCUT2D eigenvalue weighted by Crippen LogP contribution is -1.85. The van der Waals surface area contributed by atoms with Gasteiger partial charge in [-0.05, 0) is 92.7 Å². The van der Waals surface area contributed by atoms with Crippen molar-refractivity contribution >= 4 is 63.1 Å². The molecule has 2 aromatic carbocycles. The van der Waals surface area contributed by atoms with E-state index in [1.807, 2.05) is 60.7 Å². The van der Waals surface area contributed by atoms with Gasteiger partial charge in [-0.25, -0.2) is 0 Å². The number of carbonyl (C=O) groups excluding carboxylic acids is 1. The van der Waals surface area contributed by atoms with Gasteiger partial charge in [-0.2, -0.15) is 0 Å². The van der Waals surface area contributed by atoms with E-state index in [1.54, 1.807) is 12.2 Å². The monoisotopic (exact) mass is 486 g/mol. The molecule has 0 radical (unpaired) electrons. The molecule has 3 heteroatoms. The number of halogens is 2. The molecule has 100 valence electrons. The van der Waals surface area contributed by atoms with Crippen LogP contribution < -0.4 is 0 Å². The molecule has 0 amide bonds. The average molecular weight is 486 g/mol.